The predicted molar refractivity (Wildman–Crippen MR) is 71.9 cm³/mol. The van der Waals surface area contributed by atoms with E-state index in [1.54, 1.807) is 0 Å². The number of nitrogens with two attached hydrogens (primary N) is 1. The Labute approximate surface area is 107 Å². The van der Waals surface area contributed by atoms with Gasteiger partial charge in [-0.1, -0.05) is 0 Å². The Morgan fingerprint density at radius 3 is 2.39 bits per heavy atom. The van der Waals surface area contributed by atoms with E-state index in [0.717, 1.165) is 23.7 Å². The summed E-state index contributed by atoms with van der Waals surface area (Å²) in [6.45, 7) is 2.82. The third-order valence-corrected chi connectivity index (χ3v) is 3.74. The molecule has 0 aromatic heterocycles. The van der Waals surface area contributed by atoms with Gasteiger partial charge < -0.3 is 25.0 Å². The molecule has 0 radical (unpaired) electrons. The number of nitrogens with zero attached hydrogens (tertiary/aromatic N) is 2. The summed E-state index contributed by atoms with van der Waals surface area (Å²) in [7, 11) is 4.17. The van der Waals surface area contributed by atoms with Gasteiger partial charge in [0.15, 0.2) is 11.5 Å². The molecule has 5 nitrogen and oxygen atoms in total. The fourth-order valence-corrected chi connectivity index (χ4v) is 2.62. The van der Waals surface area contributed by atoms with E-state index < -0.39 is 0 Å². The second-order valence-electron chi connectivity index (χ2n) is 4.87. The summed E-state index contributed by atoms with van der Waals surface area (Å²) in [5.74, 6) is 1.67. The highest BCUT2D eigenvalue weighted by atomic mass is 16.6. The van der Waals surface area contributed by atoms with Gasteiger partial charge in [0.2, 0.25) is 0 Å². The van der Waals surface area contributed by atoms with Crippen molar-refractivity contribution < 1.29 is 9.47 Å². The van der Waals surface area contributed by atoms with Crippen LogP contribution in [0.4, 0.5) is 11.4 Å². The molecule has 1 unspecified atom stereocenters. The zero-order chi connectivity index (χ0) is 12.7. The third kappa shape index (κ3) is 1.66. The summed E-state index contributed by atoms with van der Waals surface area (Å²) in [5.41, 5.74) is 8.16. The first-order chi connectivity index (χ1) is 8.70. The summed E-state index contributed by atoms with van der Waals surface area (Å²) in [6, 6.07) is 4.46. The lowest BCUT2D eigenvalue weighted by Crippen LogP contribution is -2.49. The largest absolute Gasteiger partial charge is 0.486 e. The molecular weight excluding hydrogens is 230 g/mol. The van der Waals surface area contributed by atoms with Gasteiger partial charge in [-0.3, -0.25) is 0 Å². The van der Waals surface area contributed by atoms with Crippen LogP contribution in [0.2, 0.25) is 0 Å². The molecule has 3 rings (SSSR count). The SMILES string of the molecule is CN1CC(CN)N(C)c2cc3c(cc21)OCCO3. The lowest BCUT2D eigenvalue weighted by molar-refractivity contribution is 0.171. The average molecular weight is 249 g/mol. The van der Waals surface area contributed by atoms with Crippen molar-refractivity contribution in [1.29, 1.82) is 0 Å². The van der Waals surface area contributed by atoms with Crippen LogP contribution in [0.3, 0.4) is 0 Å². The molecule has 0 amide bonds. The summed E-state index contributed by atoms with van der Waals surface area (Å²) in [4.78, 5) is 4.46. The molecule has 0 bridgehead atoms. The van der Waals surface area contributed by atoms with E-state index in [2.05, 4.69) is 36.0 Å². The molecule has 5 heteroatoms. The zero-order valence-electron chi connectivity index (χ0n) is 10.8. The van der Waals surface area contributed by atoms with Crippen LogP contribution in [0.1, 0.15) is 0 Å². The zero-order valence-corrected chi connectivity index (χ0v) is 10.8. The molecule has 18 heavy (non-hydrogen) atoms. The van der Waals surface area contributed by atoms with Crippen LogP contribution >= 0.6 is 0 Å². The number of fused-ring (bicyclic) bond motifs is 2. The number of hydrogen-bond donors (Lipinski definition) is 1. The molecule has 0 fully saturated rings. The van der Waals surface area contributed by atoms with Gasteiger partial charge in [-0.25, -0.2) is 0 Å². The quantitative estimate of drug-likeness (QED) is 0.793. The van der Waals surface area contributed by atoms with Crippen LogP contribution in [0.15, 0.2) is 12.1 Å². The van der Waals surface area contributed by atoms with Crippen LogP contribution in [0, 0.1) is 0 Å². The summed E-state index contributed by atoms with van der Waals surface area (Å²) >= 11 is 0. The van der Waals surface area contributed by atoms with E-state index in [-0.39, 0.29) is 0 Å². The molecule has 0 saturated carbocycles. The minimum Gasteiger partial charge on any atom is -0.486 e. The Bertz CT molecular complexity index is 464. The van der Waals surface area contributed by atoms with Gasteiger partial charge in [-0.2, -0.15) is 0 Å². The van der Waals surface area contributed by atoms with Gasteiger partial charge in [-0.05, 0) is 0 Å². The second kappa shape index (κ2) is 4.24. The molecule has 2 aliphatic heterocycles. The summed E-state index contributed by atoms with van der Waals surface area (Å²) in [6.07, 6.45) is 0. The predicted octanol–water partition coefficient (Wildman–Crippen LogP) is 0.671. The van der Waals surface area contributed by atoms with Crippen LogP contribution in [-0.2, 0) is 0 Å². The fourth-order valence-electron chi connectivity index (χ4n) is 2.62. The highest BCUT2D eigenvalue weighted by Gasteiger charge is 2.28. The Morgan fingerprint density at radius 1 is 1.17 bits per heavy atom. The maximum Gasteiger partial charge on any atom is 0.163 e. The van der Waals surface area contributed by atoms with Crippen molar-refractivity contribution in [2.75, 3.05) is 50.2 Å². The van der Waals surface area contributed by atoms with Gasteiger partial charge in [-0.15, -0.1) is 0 Å². The van der Waals surface area contributed by atoms with Crippen molar-refractivity contribution in [3.8, 4) is 11.5 Å². The highest BCUT2D eigenvalue weighted by Crippen LogP contribution is 2.43. The lowest BCUT2D eigenvalue weighted by atomic mass is 10.1. The van der Waals surface area contributed by atoms with Crippen LogP contribution < -0.4 is 25.0 Å². The van der Waals surface area contributed by atoms with Gasteiger partial charge in [0.05, 0.1) is 17.4 Å². The van der Waals surface area contributed by atoms with Crippen molar-refractivity contribution in [3.05, 3.63) is 12.1 Å². The molecule has 98 valence electrons. The fraction of sp³-hybridized carbons (Fsp3) is 0.538. The van der Waals surface area contributed by atoms with E-state index in [9.17, 15) is 0 Å². The normalized spacial score (nSPS) is 21.8. The summed E-state index contributed by atoms with van der Waals surface area (Å²) in [5, 5.41) is 0. The molecule has 1 aromatic rings. The number of likely N-dealkylation sites (N-methyl/N-ethyl adjacent to an activating group) is 2. The van der Waals surface area contributed by atoms with Gasteiger partial charge in [0.1, 0.15) is 13.2 Å². The van der Waals surface area contributed by atoms with Crippen molar-refractivity contribution >= 4 is 11.4 Å². The average Bonchev–Trinajstić information content (AvgIpc) is 2.41. The Kier molecular flexibility index (Phi) is 2.70. The van der Waals surface area contributed by atoms with Crippen LogP contribution in [0.25, 0.3) is 0 Å². The molecular formula is C13H19N3O2. The topological polar surface area (TPSA) is 51.0 Å². The van der Waals surface area contributed by atoms with Gasteiger partial charge in [0, 0.05) is 39.3 Å². The van der Waals surface area contributed by atoms with E-state index >= 15 is 0 Å². The number of ether oxygens (including phenoxy) is 2. The molecule has 0 aliphatic carbocycles. The number of anilines is 2. The monoisotopic (exact) mass is 249 g/mol. The minimum atomic E-state index is 0.338. The third-order valence-electron chi connectivity index (χ3n) is 3.74. The lowest BCUT2D eigenvalue weighted by Gasteiger charge is -2.41. The van der Waals surface area contributed by atoms with Crippen molar-refractivity contribution in [3.63, 3.8) is 0 Å². The van der Waals surface area contributed by atoms with Crippen molar-refractivity contribution in [2.45, 2.75) is 6.04 Å². The number of rotatable bonds is 1. The van der Waals surface area contributed by atoms with E-state index in [4.69, 9.17) is 15.2 Å². The molecule has 0 spiro atoms. The Balaban J connectivity index is 2.06. The standard InChI is InChI=1S/C13H19N3O2/c1-15-8-9(7-14)16(2)11-6-13-12(5-10(11)15)17-3-4-18-13/h5-6,9H,3-4,7-8,14H2,1-2H3. The van der Waals surface area contributed by atoms with E-state index in [1.165, 1.54) is 5.69 Å². The Hall–Kier alpha value is -1.62. The molecule has 2 heterocycles. The summed E-state index contributed by atoms with van der Waals surface area (Å²) < 4.78 is 11.3. The van der Waals surface area contributed by atoms with Crippen LogP contribution in [0.5, 0.6) is 11.5 Å². The van der Waals surface area contributed by atoms with Gasteiger partial charge in [0.25, 0.3) is 0 Å². The molecule has 2 N–H and O–H groups in total. The first kappa shape index (κ1) is 11.5. The van der Waals surface area contributed by atoms with Crippen LogP contribution in [-0.4, -0.2) is 46.4 Å². The molecule has 0 saturated heterocycles. The first-order valence-corrected chi connectivity index (χ1v) is 6.28. The maximum absolute atomic E-state index is 5.83. The molecule has 1 aromatic carbocycles. The first-order valence-electron chi connectivity index (χ1n) is 6.28. The minimum absolute atomic E-state index is 0.338. The smallest absolute Gasteiger partial charge is 0.163 e. The molecule has 1 atom stereocenters. The maximum atomic E-state index is 5.83. The van der Waals surface area contributed by atoms with Gasteiger partial charge >= 0.3 is 0 Å². The van der Waals surface area contributed by atoms with Crippen molar-refractivity contribution in [2.24, 2.45) is 5.73 Å². The van der Waals surface area contributed by atoms with E-state index in [1.807, 2.05) is 0 Å². The number of hydrogen-bond acceptors (Lipinski definition) is 5. The van der Waals surface area contributed by atoms with E-state index in [0.29, 0.717) is 25.8 Å². The second-order valence-corrected chi connectivity index (χ2v) is 4.87. The van der Waals surface area contributed by atoms with Crippen molar-refractivity contribution in [1.82, 2.24) is 0 Å². The number of benzene rings is 1. The highest BCUT2D eigenvalue weighted by molar-refractivity contribution is 5.78. The molecule has 2 aliphatic rings. The Morgan fingerprint density at radius 2 is 1.78 bits per heavy atom.